The minimum atomic E-state index is -4.71. The average molecular weight is 301 g/mol. The number of nitrogens with one attached hydrogen (secondary N) is 1. The fourth-order valence-electron chi connectivity index (χ4n) is 1.99. The predicted molar refractivity (Wildman–Crippen MR) is 71.2 cm³/mol. The molecule has 2 rings (SSSR count). The second-order valence-electron chi connectivity index (χ2n) is 4.58. The van der Waals surface area contributed by atoms with E-state index in [2.05, 4.69) is 10.3 Å². The minimum Gasteiger partial charge on any atom is -0.378 e. The zero-order valence-corrected chi connectivity index (χ0v) is 11.4. The molecule has 1 heterocycles. The number of aromatic nitrogens is 2. The van der Waals surface area contributed by atoms with Gasteiger partial charge in [0.1, 0.15) is 11.6 Å². The maximum atomic E-state index is 13.2. The highest BCUT2D eigenvalue weighted by Crippen LogP contribution is 2.33. The van der Waals surface area contributed by atoms with Gasteiger partial charge in [0.2, 0.25) is 0 Å². The first kappa shape index (κ1) is 15.3. The maximum Gasteiger partial charge on any atom is 0.419 e. The number of imidazole rings is 1. The molecule has 0 spiro atoms. The fraction of sp³-hybridized carbons (Fsp3) is 0.357. The van der Waals surface area contributed by atoms with Gasteiger partial charge in [-0.2, -0.15) is 13.2 Å². The Bertz CT molecular complexity index is 605. The highest BCUT2D eigenvalue weighted by atomic mass is 19.4. The summed E-state index contributed by atoms with van der Waals surface area (Å²) in [5.41, 5.74) is -1.07. The SMILES string of the molecule is CCCn1ccnc1CNc1ccc(F)c(C(F)(F)F)c1. The van der Waals surface area contributed by atoms with Crippen LogP contribution in [0.1, 0.15) is 24.7 Å². The molecule has 0 saturated carbocycles. The van der Waals surface area contributed by atoms with Crippen molar-refractivity contribution in [3.63, 3.8) is 0 Å². The Morgan fingerprint density at radius 3 is 2.71 bits per heavy atom. The molecule has 2 aromatic rings. The summed E-state index contributed by atoms with van der Waals surface area (Å²) >= 11 is 0. The van der Waals surface area contributed by atoms with E-state index in [0.717, 1.165) is 30.9 Å². The summed E-state index contributed by atoms with van der Waals surface area (Å²) < 4.78 is 53.0. The largest absolute Gasteiger partial charge is 0.419 e. The van der Waals surface area contributed by atoms with Crippen molar-refractivity contribution in [3.05, 3.63) is 47.8 Å². The third kappa shape index (κ3) is 3.74. The molecule has 0 aliphatic heterocycles. The van der Waals surface area contributed by atoms with Crippen molar-refractivity contribution >= 4 is 5.69 Å². The summed E-state index contributed by atoms with van der Waals surface area (Å²) in [7, 11) is 0. The van der Waals surface area contributed by atoms with E-state index in [-0.39, 0.29) is 12.2 Å². The number of hydrogen-bond donors (Lipinski definition) is 1. The summed E-state index contributed by atoms with van der Waals surface area (Å²) in [5, 5.41) is 2.84. The van der Waals surface area contributed by atoms with Crippen LogP contribution in [0.3, 0.4) is 0 Å². The first-order valence-electron chi connectivity index (χ1n) is 6.52. The van der Waals surface area contributed by atoms with E-state index in [4.69, 9.17) is 0 Å². The second-order valence-corrected chi connectivity index (χ2v) is 4.58. The van der Waals surface area contributed by atoms with Gasteiger partial charge in [-0.3, -0.25) is 0 Å². The van der Waals surface area contributed by atoms with Crippen molar-refractivity contribution in [2.75, 3.05) is 5.32 Å². The molecule has 0 amide bonds. The van der Waals surface area contributed by atoms with Crippen LogP contribution in [0, 0.1) is 5.82 Å². The highest BCUT2D eigenvalue weighted by molar-refractivity contribution is 5.47. The van der Waals surface area contributed by atoms with E-state index >= 15 is 0 Å². The van der Waals surface area contributed by atoms with E-state index in [1.165, 1.54) is 6.07 Å². The highest BCUT2D eigenvalue weighted by Gasteiger charge is 2.34. The van der Waals surface area contributed by atoms with Crippen LogP contribution in [0.15, 0.2) is 30.6 Å². The van der Waals surface area contributed by atoms with E-state index in [9.17, 15) is 17.6 Å². The molecule has 3 nitrogen and oxygen atoms in total. The lowest BCUT2D eigenvalue weighted by Crippen LogP contribution is -2.11. The standard InChI is InChI=1S/C14H15F4N3/c1-2-6-21-7-5-19-13(21)9-20-10-3-4-12(15)11(8-10)14(16,17)18/h3-5,7-8,20H,2,6,9H2,1H3. The Morgan fingerprint density at radius 2 is 2.05 bits per heavy atom. The summed E-state index contributed by atoms with van der Waals surface area (Å²) in [6.45, 7) is 3.08. The smallest absolute Gasteiger partial charge is 0.378 e. The van der Waals surface area contributed by atoms with Gasteiger partial charge in [-0.05, 0) is 24.6 Å². The van der Waals surface area contributed by atoms with Gasteiger partial charge < -0.3 is 9.88 Å². The molecule has 21 heavy (non-hydrogen) atoms. The van der Waals surface area contributed by atoms with Gasteiger partial charge in [0.15, 0.2) is 0 Å². The van der Waals surface area contributed by atoms with E-state index < -0.39 is 17.6 Å². The molecule has 0 fully saturated rings. The first-order valence-corrected chi connectivity index (χ1v) is 6.52. The molecule has 7 heteroatoms. The molecule has 1 aromatic carbocycles. The van der Waals surface area contributed by atoms with Crippen LogP contribution in [0.2, 0.25) is 0 Å². The number of anilines is 1. The van der Waals surface area contributed by atoms with Crippen molar-refractivity contribution in [2.24, 2.45) is 0 Å². The Kier molecular flexibility index (Phi) is 4.50. The van der Waals surface area contributed by atoms with E-state index in [0.29, 0.717) is 0 Å². The van der Waals surface area contributed by atoms with E-state index in [1.807, 2.05) is 17.7 Å². The van der Waals surface area contributed by atoms with Gasteiger partial charge >= 0.3 is 6.18 Å². The van der Waals surface area contributed by atoms with Crippen molar-refractivity contribution in [1.82, 2.24) is 9.55 Å². The van der Waals surface area contributed by atoms with Crippen LogP contribution in [-0.4, -0.2) is 9.55 Å². The van der Waals surface area contributed by atoms with Crippen molar-refractivity contribution in [3.8, 4) is 0 Å². The van der Waals surface area contributed by atoms with Crippen molar-refractivity contribution < 1.29 is 17.6 Å². The van der Waals surface area contributed by atoms with Gasteiger partial charge in [-0.25, -0.2) is 9.37 Å². The predicted octanol–water partition coefficient (Wildman–Crippen LogP) is 4.06. The maximum absolute atomic E-state index is 13.2. The Labute approximate surface area is 119 Å². The van der Waals surface area contributed by atoms with Gasteiger partial charge in [0.25, 0.3) is 0 Å². The molecule has 0 saturated heterocycles. The zero-order valence-electron chi connectivity index (χ0n) is 11.4. The number of aryl methyl sites for hydroxylation is 1. The molecule has 0 radical (unpaired) electrons. The molecule has 0 atom stereocenters. The monoisotopic (exact) mass is 301 g/mol. The Morgan fingerprint density at radius 1 is 1.29 bits per heavy atom. The third-order valence-electron chi connectivity index (χ3n) is 2.99. The lowest BCUT2D eigenvalue weighted by Gasteiger charge is -2.12. The summed E-state index contributed by atoms with van der Waals surface area (Å²) in [5.74, 6) is -0.560. The van der Waals surface area contributed by atoms with Gasteiger partial charge in [-0.1, -0.05) is 6.92 Å². The number of rotatable bonds is 5. The molecule has 0 unspecified atom stereocenters. The zero-order chi connectivity index (χ0) is 15.5. The molecule has 0 aliphatic carbocycles. The van der Waals surface area contributed by atoms with Crippen LogP contribution in [0.4, 0.5) is 23.2 Å². The molecule has 0 bridgehead atoms. The number of nitrogens with zero attached hydrogens (tertiary/aromatic N) is 2. The van der Waals surface area contributed by atoms with Crippen molar-refractivity contribution in [2.45, 2.75) is 32.6 Å². The van der Waals surface area contributed by atoms with Gasteiger partial charge in [0, 0.05) is 24.6 Å². The number of hydrogen-bond acceptors (Lipinski definition) is 2. The Hall–Kier alpha value is -2.05. The summed E-state index contributed by atoms with van der Waals surface area (Å²) in [6.07, 6.45) is -0.328. The number of benzene rings is 1. The molecular formula is C14H15F4N3. The molecule has 114 valence electrons. The molecular weight excluding hydrogens is 286 g/mol. The second kappa shape index (κ2) is 6.15. The summed E-state index contributed by atoms with van der Waals surface area (Å²) in [4.78, 5) is 4.14. The summed E-state index contributed by atoms with van der Waals surface area (Å²) in [6, 6.07) is 2.85. The van der Waals surface area contributed by atoms with Crippen LogP contribution in [0.25, 0.3) is 0 Å². The van der Waals surface area contributed by atoms with Gasteiger partial charge in [0.05, 0.1) is 12.1 Å². The van der Waals surface area contributed by atoms with Crippen molar-refractivity contribution in [1.29, 1.82) is 0 Å². The van der Waals surface area contributed by atoms with Crippen LogP contribution >= 0.6 is 0 Å². The van der Waals surface area contributed by atoms with Crippen LogP contribution < -0.4 is 5.32 Å². The number of alkyl halides is 3. The van der Waals surface area contributed by atoms with Crippen LogP contribution in [-0.2, 0) is 19.3 Å². The van der Waals surface area contributed by atoms with Gasteiger partial charge in [-0.15, -0.1) is 0 Å². The minimum absolute atomic E-state index is 0.203. The quantitative estimate of drug-likeness (QED) is 0.844. The van der Waals surface area contributed by atoms with E-state index in [1.54, 1.807) is 6.20 Å². The van der Waals surface area contributed by atoms with Crippen LogP contribution in [0.5, 0.6) is 0 Å². The topological polar surface area (TPSA) is 29.9 Å². The average Bonchev–Trinajstić information content (AvgIpc) is 2.84. The third-order valence-corrected chi connectivity index (χ3v) is 2.99. The first-order chi connectivity index (χ1) is 9.91. The normalized spacial score (nSPS) is 11.7. The fourth-order valence-corrected chi connectivity index (χ4v) is 1.99. The lowest BCUT2D eigenvalue weighted by atomic mass is 10.2. The molecule has 1 N–H and O–H groups in total. The lowest BCUT2D eigenvalue weighted by molar-refractivity contribution is -0.139. The molecule has 0 aliphatic rings. The molecule has 1 aromatic heterocycles. The Balaban J connectivity index is 2.12. The number of halogens is 4.